The first kappa shape index (κ1) is 10.2. The second kappa shape index (κ2) is 3.34. The van der Waals surface area contributed by atoms with Crippen molar-refractivity contribution < 1.29 is 13.2 Å². The molecule has 0 amide bonds. The summed E-state index contributed by atoms with van der Waals surface area (Å²) < 4.78 is 37.4. The Kier molecular flexibility index (Phi) is 2.42. The van der Waals surface area contributed by atoms with Gasteiger partial charge in [0.15, 0.2) is 6.17 Å². The van der Waals surface area contributed by atoms with Crippen molar-refractivity contribution in [2.45, 2.75) is 18.5 Å². The lowest BCUT2D eigenvalue weighted by Gasteiger charge is -2.36. The molecule has 14 heavy (non-hydrogen) atoms. The first-order valence-corrected chi connectivity index (χ1v) is 4.50. The Balaban J connectivity index is 2.05. The first-order valence-electron chi connectivity index (χ1n) is 4.50. The molecule has 2 heterocycles. The number of hydrogen-bond acceptors (Lipinski definition) is 4. The lowest BCUT2D eigenvalue weighted by Crippen LogP contribution is -2.56. The molecule has 2 atom stereocenters. The highest BCUT2D eigenvalue weighted by Crippen LogP contribution is 2.27. The maximum Gasteiger partial charge on any atom is 0.418 e. The summed E-state index contributed by atoms with van der Waals surface area (Å²) in [7, 11) is 1.90. The van der Waals surface area contributed by atoms with Crippen LogP contribution in [0.15, 0.2) is 0 Å². The normalized spacial score (nSPS) is 36.0. The fraction of sp³-hybridized carbons (Fsp3) is 1.00. The number of likely N-dealkylation sites (N-methyl/N-ethyl adjacent to an activating group) is 1. The minimum Gasteiger partial charge on any atom is -0.302 e. The summed E-state index contributed by atoms with van der Waals surface area (Å²) >= 11 is 0. The molecule has 2 fully saturated rings. The summed E-state index contributed by atoms with van der Waals surface area (Å²) in [6.07, 6.45) is -5.99. The molecule has 0 bridgehead atoms. The largest absolute Gasteiger partial charge is 0.418 e. The molecule has 0 aromatic carbocycles. The van der Waals surface area contributed by atoms with Gasteiger partial charge in [0.2, 0.25) is 0 Å². The molecule has 2 aliphatic heterocycles. The number of alkyl halides is 3. The van der Waals surface area contributed by atoms with Gasteiger partial charge in [0.1, 0.15) is 0 Å². The molecule has 2 aliphatic rings. The molecule has 7 heteroatoms. The lowest BCUT2D eigenvalue weighted by molar-refractivity contribution is -0.187. The zero-order chi connectivity index (χ0) is 10.3. The average Bonchev–Trinajstić information content (AvgIpc) is 2.45. The number of nitrogens with zero attached hydrogens (tertiary/aromatic N) is 2. The number of nitrogens with one attached hydrogen (secondary N) is 2. The Morgan fingerprint density at radius 2 is 1.93 bits per heavy atom. The van der Waals surface area contributed by atoms with E-state index in [1.54, 1.807) is 0 Å². The molecule has 4 nitrogen and oxygen atoms in total. The Morgan fingerprint density at radius 3 is 2.57 bits per heavy atom. The summed E-state index contributed by atoms with van der Waals surface area (Å²) in [6.45, 7) is 1.72. The smallest absolute Gasteiger partial charge is 0.302 e. The van der Waals surface area contributed by atoms with Gasteiger partial charge >= 0.3 is 6.18 Å². The minimum atomic E-state index is -4.21. The molecule has 0 spiro atoms. The van der Waals surface area contributed by atoms with Crippen molar-refractivity contribution in [1.82, 2.24) is 20.7 Å². The van der Waals surface area contributed by atoms with Gasteiger partial charge in [-0.3, -0.25) is 4.90 Å². The van der Waals surface area contributed by atoms with E-state index < -0.39 is 12.3 Å². The predicted molar refractivity (Wildman–Crippen MR) is 44.1 cm³/mol. The van der Waals surface area contributed by atoms with E-state index in [-0.39, 0.29) is 6.17 Å². The van der Waals surface area contributed by atoms with Gasteiger partial charge in [0, 0.05) is 19.6 Å². The highest BCUT2D eigenvalue weighted by molar-refractivity contribution is 4.90. The Labute approximate surface area is 80.0 Å². The highest BCUT2D eigenvalue weighted by Gasteiger charge is 2.50. The summed E-state index contributed by atoms with van der Waals surface area (Å²) in [5.74, 6) is 0. The van der Waals surface area contributed by atoms with Crippen LogP contribution in [0.2, 0.25) is 0 Å². The van der Waals surface area contributed by atoms with Crippen LogP contribution in [0.1, 0.15) is 0 Å². The van der Waals surface area contributed by atoms with Gasteiger partial charge in [0.25, 0.3) is 0 Å². The third-order valence-corrected chi connectivity index (χ3v) is 2.65. The van der Waals surface area contributed by atoms with Gasteiger partial charge < -0.3 is 4.90 Å². The number of fused-ring (bicyclic) bond motifs is 1. The topological polar surface area (TPSA) is 30.5 Å². The number of hydrazine groups is 1. The van der Waals surface area contributed by atoms with Crippen LogP contribution in [-0.2, 0) is 0 Å². The summed E-state index contributed by atoms with van der Waals surface area (Å²) in [4.78, 5) is 3.43. The van der Waals surface area contributed by atoms with Crippen LogP contribution in [0.25, 0.3) is 0 Å². The SMILES string of the molecule is CN1CCN2C(C1)NNC2C(F)(F)F. The van der Waals surface area contributed by atoms with Crippen LogP contribution in [0.3, 0.4) is 0 Å². The van der Waals surface area contributed by atoms with Gasteiger partial charge in [-0.1, -0.05) is 0 Å². The van der Waals surface area contributed by atoms with E-state index >= 15 is 0 Å². The van der Waals surface area contributed by atoms with Crippen LogP contribution in [0, 0.1) is 0 Å². The number of hydrogen-bond donors (Lipinski definition) is 2. The van der Waals surface area contributed by atoms with Gasteiger partial charge in [-0.05, 0) is 7.05 Å². The highest BCUT2D eigenvalue weighted by atomic mass is 19.4. The van der Waals surface area contributed by atoms with E-state index in [4.69, 9.17) is 0 Å². The van der Waals surface area contributed by atoms with Crippen molar-refractivity contribution in [2.24, 2.45) is 0 Å². The lowest BCUT2D eigenvalue weighted by atomic mass is 10.2. The molecule has 0 saturated carbocycles. The van der Waals surface area contributed by atoms with E-state index in [1.165, 1.54) is 4.90 Å². The Bertz CT molecular complexity index is 219. The first-order chi connectivity index (χ1) is 6.48. The molecule has 82 valence electrons. The van der Waals surface area contributed by atoms with Crippen LogP contribution in [0.5, 0.6) is 0 Å². The van der Waals surface area contributed by atoms with Gasteiger partial charge in [-0.25, -0.2) is 10.9 Å². The van der Waals surface area contributed by atoms with Crippen LogP contribution >= 0.6 is 0 Å². The maximum atomic E-state index is 12.5. The zero-order valence-electron chi connectivity index (χ0n) is 7.80. The van der Waals surface area contributed by atoms with Crippen molar-refractivity contribution in [3.63, 3.8) is 0 Å². The van der Waals surface area contributed by atoms with E-state index in [9.17, 15) is 13.2 Å². The predicted octanol–water partition coefficient (Wildman–Crippen LogP) is -0.444. The molecule has 0 radical (unpaired) electrons. The molecule has 2 unspecified atom stereocenters. The quantitative estimate of drug-likeness (QED) is 0.567. The maximum absolute atomic E-state index is 12.5. The van der Waals surface area contributed by atoms with E-state index in [1.807, 2.05) is 11.9 Å². The molecule has 0 aliphatic carbocycles. The fourth-order valence-electron chi connectivity index (χ4n) is 1.90. The second-order valence-electron chi connectivity index (χ2n) is 3.75. The third kappa shape index (κ3) is 1.72. The second-order valence-corrected chi connectivity index (χ2v) is 3.75. The fourth-order valence-corrected chi connectivity index (χ4v) is 1.90. The van der Waals surface area contributed by atoms with Crippen LogP contribution in [0.4, 0.5) is 13.2 Å². The minimum absolute atomic E-state index is 0.236. The van der Waals surface area contributed by atoms with Crippen LogP contribution < -0.4 is 10.9 Å². The average molecular weight is 210 g/mol. The Morgan fingerprint density at radius 1 is 1.21 bits per heavy atom. The van der Waals surface area contributed by atoms with Crippen molar-refractivity contribution in [3.8, 4) is 0 Å². The van der Waals surface area contributed by atoms with Gasteiger partial charge in [-0.15, -0.1) is 0 Å². The van der Waals surface area contributed by atoms with E-state index in [0.717, 1.165) is 0 Å². The van der Waals surface area contributed by atoms with Crippen molar-refractivity contribution in [1.29, 1.82) is 0 Å². The van der Waals surface area contributed by atoms with Crippen molar-refractivity contribution >= 4 is 0 Å². The van der Waals surface area contributed by atoms with Crippen molar-refractivity contribution in [2.75, 3.05) is 26.7 Å². The number of piperazine rings is 1. The standard InChI is InChI=1S/C7H13F3N4/c1-13-2-3-14-5(4-13)11-12-6(14)7(8,9)10/h5-6,11-12H,2-4H2,1H3. The molecular weight excluding hydrogens is 197 g/mol. The Hall–Kier alpha value is -0.370. The summed E-state index contributed by atoms with van der Waals surface area (Å²) in [6, 6.07) is 0. The van der Waals surface area contributed by atoms with Gasteiger partial charge in [0.05, 0.1) is 6.17 Å². The monoisotopic (exact) mass is 210 g/mol. The van der Waals surface area contributed by atoms with Crippen LogP contribution in [-0.4, -0.2) is 55.0 Å². The molecule has 2 rings (SSSR count). The zero-order valence-corrected chi connectivity index (χ0v) is 7.80. The molecule has 0 aromatic heterocycles. The molecule has 2 N–H and O–H groups in total. The van der Waals surface area contributed by atoms with E-state index in [2.05, 4.69) is 10.9 Å². The van der Waals surface area contributed by atoms with E-state index in [0.29, 0.717) is 19.6 Å². The number of halogens is 3. The number of rotatable bonds is 0. The van der Waals surface area contributed by atoms with Gasteiger partial charge in [-0.2, -0.15) is 13.2 Å². The molecule has 0 aromatic rings. The molecular formula is C7H13F3N4. The third-order valence-electron chi connectivity index (χ3n) is 2.65. The summed E-state index contributed by atoms with van der Waals surface area (Å²) in [5.41, 5.74) is 4.94. The molecule has 2 saturated heterocycles. The summed E-state index contributed by atoms with van der Waals surface area (Å²) in [5, 5.41) is 0. The van der Waals surface area contributed by atoms with Crippen molar-refractivity contribution in [3.05, 3.63) is 0 Å².